The molecule has 1 aliphatic heterocycles. The molecule has 0 bridgehead atoms. The van der Waals surface area contributed by atoms with Gasteiger partial charge in [0.1, 0.15) is 17.2 Å². The minimum absolute atomic E-state index is 0.0617. The molecule has 1 saturated heterocycles. The van der Waals surface area contributed by atoms with Crippen LogP contribution in [0, 0.1) is 0 Å². The van der Waals surface area contributed by atoms with Gasteiger partial charge in [-0.25, -0.2) is 0 Å². The third kappa shape index (κ3) is 5.34. The lowest BCUT2D eigenvalue weighted by molar-refractivity contribution is -0.131. The Morgan fingerprint density at radius 3 is 2.21 bits per heavy atom. The molecule has 3 aromatic rings. The van der Waals surface area contributed by atoms with E-state index in [4.69, 9.17) is 9.47 Å². The number of benzene rings is 2. The minimum atomic E-state index is -0.109. The number of ether oxygens (including phenoxy) is 2. The summed E-state index contributed by atoms with van der Waals surface area (Å²) < 4.78 is 10.6. The summed E-state index contributed by atoms with van der Waals surface area (Å²) in [5, 5.41) is 7.15. The van der Waals surface area contributed by atoms with Crippen LogP contribution in [-0.4, -0.2) is 71.7 Å². The molecule has 1 aromatic heterocycles. The second kappa shape index (κ2) is 10.2. The molecule has 8 heteroatoms. The van der Waals surface area contributed by atoms with E-state index in [0.717, 1.165) is 22.6 Å². The van der Waals surface area contributed by atoms with Gasteiger partial charge in [-0.2, -0.15) is 5.10 Å². The maximum absolute atomic E-state index is 12.9. The Kier molecular flexibility index (Phi) is 6.92. The molecule has 0 atom stereocenters. The lowest BCUT2D eigenvalue weighted by Crippen LogP contribution is -2.51. The van der Waals surface area contributed by atoms with E-state index < -0.39 is 0 Å². The van der Waals surface area contributed by atoms with Gasteiger partial charge in [-0.3, -0.25) is 14.7 Å². The van der Waals surface area contributed by atoms with Gasteiger partial charge in [-0.05, 0) is 55.0 Å². The number of H-pyrrole nitrogens is 1. The van der Waals surface area contributed by atoms with Crippen LogP contribution < -0.4 is 9.47 Å². The Bertz CT molecular complexity index is 1080. The van der Waals surface area contributed by atoms with Crippen LogP contribution in [0.2, 0.25) is 0 Å². The van der Waals surface area contributed by atoms with Crippen molar-refractivity contribution in [1.29, 1.82) is 0 Å². The number of amides is 2. The third-order valence-corrected chi connectivity index (χ3v) is 5.70. The average molecular weight is 449 g/mol. The quantitative estimate of drug-likeness (QED) is 0.600. The third-order valence-electron chi connectivity index (χ3n) is 5.70. The highest BCUT2D eigenvalue weighted by molar-refractivity contribution is 5.93. The standard InChI is InChI=1S/C25H28N4O4/c1-3-33-21-10-6-19(7-11-21)22-17-23(27-26-22)25(31)29-14-12-28(13-15-29)24(30)16-18-4-8-20(32-2)9-5-18/h4-11,17H,3,12-16H2,1-2H3,(H,26,27). The molecule has 2 heterocycles. The number of methoxy groups -OCH3 is 1. The SMILES string of the molecule is CCOc1ccc(-c2cc(C(=O)N3CCN(C(=O)Cc4ccc(OC)cc4)CC3)[nH]n2)cc1. The van der Waals surface area contributed by atoms with Crippen molar-refractivity contribution in [2.75, 3.05) is 39.9 Å². The van der Waals surface area contributed by atoms with Crippen LogP contribution in [0.1, 0.15) is 23.0 Å². The van der Waals surface area contributed by atoms with E-state index in [2.05, 4.69) is 10.2 Å². The molecule has 1 N–H and O–H groups in total. The minimum Gasteiger partial charge on any atom is -0.497 e. The van der Waals surface area contributed by atoms with Gasteiger partial charge in [0.15, 0.2) is 0 Å². The van der Waals surface area contributed by atoms with Crippen molar-refractivity contribution < 1.29 is 19.1 Å². The lowest BCUT2D eigenvalue weighted by atomic mass is 10.1. The Balaban J connectivity index is 1.31. The Morgan fingerprint density at radius 1 is 0.939 bits per heavy atom. The van der Waals surface area contributed by atoms with Crippen molar-refractivity contribution in [3.63, 3.8) is 0 Å². The molecule has 0 saturated carbocycles. The summed E-state index contributed by atoms with van der Waals surface area (Å²) in [7, 11) is 1.62. The Labute approximate surface area is 193 Å². The summed E-state index contributed by atoms with van der Waals surface area (Å²) in [4.78, 5) is 29.2. The summed E-state index contributed by atoms with van der Waals surface area (Å²) in [5.74, 6) is 1.52. The van der Waals surface area contributed by atoms with Crippen LogP contribution in [0.25, 0.3) is 11.3 Å². The molecule has 33 heavy (non-hydrogen) atoms. The first-order valence-electron chi connectivity index (χ1n) is 11.1. The van der Waals surface area contributed by atoms with E-state index in [1.807, 2.05) is 60.4 Å². The topological polar surface area (TPSA) is 87.8 Å². The summed E-state index contributed by atoms with van der Waals surface area (Å²) >= 11 is 0. The maximum Gasteiger partial charge on any atom is 0.272 e. The smallest absolute Gasteiger partial charge is 0.272 e. The maximum atomic E-state index is 12.9. The lowest BCUT2D eigenvalue weighted by Gasteiger charge is -2.34. The Hall–Kier alpha value is -3.81. The van der Waals surface area contributed by atoms with Gasteiger partial charge in [0, 0.05) is 31.7 Å². The highest BCUT2D eigenvalue weighted by Gasteiger charge is 2.26. The number of aromatic amines is 1. The number of rotatable bonds is 7. The second-order valence-corrected chi connectivity index (χ2v) is 7.82. The molecular weight excluding hydrogens is 420 g/mol. The van der Waals surface area contributed by atoms with Crippen molar-refractivity contribution in [3.05, 3.63) is 65.9 Å². The number of nitrogens with one attached hydrogen (secondary N) is 1. The van der Waals surface area contributed by atoms with Crippen LogP contribution >= 0.6 is 0 Å². The number of hydrogen-bond donors (Lipinski definition) is 1. The molecule has 172 valence electrons. The van der Waals surface area contributed by atoms with Gasteiger partial charge in [0.25, 0.3) is 5.91 Å². The zero-order valence-corrected chi connectivity index (χ0v) is 18.9. The van der Waals surface area contributed by atoms with E-state index >= 15 is 0 Å². The zero-order chi connectivity index (χ0) is 23.2. The van der Waals surface area contributed by atoms with Crippen molar-refractivity contribution in [2.24, 2.45) is 0 Å². The van der Waals surface area contributed by atoms with E-state index in [9.17, 15) is 9.59 Å². The van der Waals surface area contributed by atoms with Crippen LogP contribution in [-0.2, 0) is 11.2 Å². The molecule has 2 amide bonds. The van der Waals surface area contributed by atoms with E-state index in [-0.39, 0.29) is 11.8 Å². The monoisotopic (exact) mass is 448 g/mol. The van der Waals surface area contributed by atoms with Gasteiger partial charge < -0.3 is 19.3 Å². The molecule has 1 fully saturated rings. The highest BCUT2D eigenvalue weighted by atomic mass is 16.5. The fourth-order valence-corrected chi connectivity index (χ4v) is 3.83. The summed E-state index contributed by atoms with van der Waals surface area (Å²) in [6, 6.07) is 16.9. The van der Waals surface area contributed by atoms with Gasteiger partial charge in [0.05, 0.1) is 25.8 Å². The number of nitrogens with zero attached hydrogens (tertiary/aromatic N) is 3. The van der Waals surface area contributed by atoms with E-state index in [0.29, 0.717) is 50.6 Å². The number of aromatic nitrogens is 2. The first-order valence-corrected chi connectivity index (χ1v) is 11.1. The number of carbonyl (C=O) groups excluding carboxylic acids is 2. The van der Waals surface area contributed by atoms with Crippen molar-refractivity contribution in [1.82, 2.24) is 20.0 Å². The second-order valence-electron chi connectivity index (χ2n) is 7.82. The molecule has 0 radical (unpaired) electrons. The molecule has 0 unspecified atom stereocenters. The van der Waals surface area contributed by atoms with Gasteiger partial charge >= 0.3 is 0 Å². The molecule has 4 rings (SSSR count). The first-order chi connectivity index (χ1) is 16.1. The number of piperazine rings is 1. The summed E-state index contributed by atoms with van der Waals surface area (Å²) in [5.41, 5.74) is 2.99. The van der Waals surface area contributed by atoms with Crippen LogP contribution in [0.15, 0.2) is 54.6 Å². The molecule has 1 aliphatic rings. The Morgan fingerprint density at radius 2 is 1.58 bits per heavy atom. The molecular formula is C25H28N4O4. The highest BCUT2D eigenvalue weighted by Crippen LogP contribution is 2.22. The summed E-state index contributed by atoms with van der Waals surface area (Å²) in [6.45, 7) is 4.56. The average Bonchev–Trinajstić information content (AvgIpc) is 3.35. The largest absolute Gasteiger partial charge is 0.497 e. The number of carbonyl (C=O) groups is 2. The predicted molar refractivity (Wildman–Crippen MR) is 124 cm³/mol. The molecule has 0 spiro atoms. The van der Waals surface area contributed by atoms with Gasteiger partial charge in [0.2, 0.25) is 5.91 Å². The van der Waals surface area contributed by atoms with Crippen LogP contribution in [0.5, 0.6) is 11.5 Å². The van der Waals surface area contributed by atoms with E-state index in [1.165, 1.54) is 0 Å². The van der Waals surface area contributed by atoms with Crippen molar-refractivity contribution in [2.45, 2.75) is 13.3 Å². The van der Waals surface area contributed by atoms with Crippen molar-refractivity contribution >= 4 is 11.8 Å². The van der Waals surface area contributed by atoms with E-state index in [1.54, 1.807) is 18.1 Å². The first kappa shape index (κ1) is 22.4. The van der Waals surface area contributed by atoms with Gasteiger partial charge in [-0.1, -0.05) is 12.1 Å². The zero-order valence-electron chi connectivity index (χ0n) is 18.9. The molecule has 8 nitrogen and oxygen atoms in total. The van der Waals surface area contributed by atoms with Gasteiger partial charge in [-0.15, -0.1) is 0 Å². The molecule has 2 aromatic carbocycles. The normalized spacial score (nSPS) is 13.6. The predicted octanol–water partition coefficient (Wildman–Crippen LogP) is 3.01. The van der Waals surface area contributed by atoms with Crippen LogP contribution in [0.3, 0.4) is 0 Å². The fraction of sp³-hybridized carbons (Fsp3) is 0.320. The summed E-state index contributed by atoms with van der Waals surface area (Å²) in [6.07, 6.45) is 0.337. The van der Waals surface area contributed by atoms with Crippen molar-refractivity contribution in [3.8, 4) is 22.8 Å². The van der Waals surface area contributed by atoms with Crippen LogP contribution in [0.4, 0.5) is 0 Å². The molecule has 0 aliphatic carbocycles. The number of hydrogen-bond acceptors (Lipinski definition) is 5. The fourth-order valence-electron chi connectivity index (χ4n) is 3.83.